The van der Waals surface area contributed by atoms with E-state index in [4.69, 9.17) is 9.97 Å². The zero-order valence-electron chi connectivity index (χ0n) is 27.1. The fourth-order valence-electron chi connectivity index (χ4n) is 6.68. The van der Waals surface area contributed by atoms with Crippen LogP contribution in [0.3, 0.4) is 0 Å². The van der Waals surface area contributed by atoms with Gasteiger partial charge in [-0.1, -0.05) is 84.0 Å². The van der Waals surface area contributed by atoms with E-state index >= 15 is 0 Å². The van der Waals surface area contributed by atoms with Crippen molar-refractivity contribution in [3.63, 3.8) is 0 Å². The monoisotopic (exact) mass is 766 g/mol. The molecule has 0 amide bonds. The molecule has 0 N–H and O–H groups in total. The van der Waals surface area contributed by atoms with E-state index in [0.29, 0.717) is 0 Å². The molecule has 229 valence electrons. The molecule has 0 spiro atoms. The zero-order valence-corrected chi connectivity index (χ0v) is 29.5. The normalized spacial score (nSPS) is 15.4. The molecule has 2 aromatic heterocycles. The Morgan fingerprint density at radius 1 is 0.622 bits per heavy atom. The van der Waals surface area contributed by atoms with E-state index in [0.717, 1.165) is 44.8 Å². The van der Waals surface area contributed by atoms with Crippen LogP contribution in [0.5, 0.6) is 0 Å². The third-order valence-electron chi connectivity index (χ3n) is 10.3. The molecule has 2 heterocycles. The molecule has 4 heteroatoms. The van der Waals surface area contributed by atoms with Gasteiger partial charge in [-0.05, 0) is 63.2 Å². The molecule has 6 aromatic rings. The fourth-order valence-corrected chi connectivity index (χ4v) is 6.68. The smallest absolute Gasteiger partial charge is 0.0907 e. The summed E-state index contributed by atoms with van der Waals surface area (Å²) < 4.78 is 0. The Bertz CT molecular complexity index is 1880. The van der Waals surface area contributed by atoms with Crippen LogP contribution in [0.2, 0.25) is 0 Å². The number of aromatic nitrogens is 3. The maximum absolute atomic E-state index is 5.28. The molecule has 1 aliphatic carbocycles. The van der Waals surface area contributed by atoms with Gasteiger partial charge in [0.25, 0.3) is 0 Å². The van der Waals surface area contributed by atoms with E-state index < -0.39 is 0 Å². The van der Waals surface area contributed by atoms with E-state index in [1.54, 1.807) is 6.20 Å². The van der Waals surface area contributed by atoms with E-state index in [9.17, 15) is 0 Å². The summed E-state index contributed by atoms with van der Waals surface area (Å²) in [5.74, 6) is 0. The quantitative estimate of drug-likeness (QED) is 0.169. The first kappa shape index (κ1) is 32.4. The maximum Gasteiger partial charge on any atom is 0.0907 e. The predicted octanol–water partition coefficient (Wildman–Crippen LogP) is 10.2. The molecule has 0 fully saturated rings. The summed E-state index contributed by atoms with van der Waals surface area (Å²) in [7, 11) is 0. The molecule has 1 aliphatic rings. The van der Waals surface area contributed by atoms with Crippen LogP contribution in [-0.4, -0.2) is 15.0 Å². The number of hydrogen-bond acceptors (Lipinski definition) is 3. The van der Waals surface area contributed by atoms with Crippen molar-refractivity contribution in [1.29, 1.82) is 0 Å². The van der Waals surface area contributed by atoms with Crippen LogP contribution in [0.1, 0.15) is 58.2 Å². The van der Waals surface area contributed by atoms with Crippen LogP contribution in [0.4, 0.5) is 0 Å². The van der Waals surface area contributed by atoms with Crippen LogP contribution >= 0.6 is 0 Å². The van der Waals surface area contributed by atoms with Crippen LogP contribution in [0.15, 0.2) is 109 Å². The van der Waals surface area contributed by atoms with Crippen molar-refractivity contribution in [2.45, 2.75) is 59.3 Å². The van der Waals surface area contributed by atoms with Gasteiger partial charge in [-0.15, -0.1) is 71.8 Å². The number of nitrogens with zero attached hydrogens (tertiary/aromatic N) is 3. The van der Waals surface area contributed by atoms with Crippen molar-refractivity contribution in [3.8, 4) is 33.8 Å². The summed E-state index contributed by atoms with van der Waals surface area (Å²) in [6, 6.07) is 40.9. The Morgan fingerprint density at radius 3 is 1.84 bits per heavy atom. The second-order valence-corrected chi connectivity index (χ2v) is 13.2. The third-order valence-corrected chi connectivity index (χ3v) is 10.3. The van der Waals surface area contributed by atoms with Crippen LogP contribution in [0, 0.1) is 24.5 Å². The molecule has 4 aromatic carbocycles. The number of rotatable bonds is 3. The molecule has 7 rings (SSSR count). The van der Waals surface area contributed by atoms with Crippen molar-refractivity contribution in [2.24, 2.45) is 5.41 Å². The average Bonchev–Trinajstić information content (AvgIpc) is 3.16. The number of hydrogen-bond donors (Lipinski definition) is 0. The third kappa shape index (κ3) is 5.56. The fraction of sp³-hybridized carbons (Fsp3) is 0.244. The standard InChI is InChI=1S/C30H31N2.C11H8N.Ir/c1-19-24-22(28(2,3)30(6,7)29(24,4)5)18-23-25(19)32-27(21-16-12-9-13-17-21)26(31-23)20-14-10-8-11-15-20;1-2-6-10(7-3-1)11-8-4-5-9-12-11;/h8-14,16-18H,1-7H3;1-6,8-9H;/q2*-1;. The summed E-state index contributed by atoms with van der Waals surface area (Å²) in [5, 5.41) is 0. The van der Waals surface area contributed by atoms with Crippen LogP contribution < -0.4 is 0 Å². The Hall–Kier alpha value is -3.98. The molecule has 45 heavy (non-hydrogen) atoms. The molecule has 0 aliphatic heterocycles. The minimum atomic E-state index is 0. The average molecular weight is 766 g/mol. The number of aryl methyl sites for hydroxylation is 1. The molecule has 0 saturated heterocycles. The van der Waals surface area contributed by atoms with Gasteiger partial charge >= 0.3 is 0 Å². The summed E-state index contributed by atoms with van der Waals surface area (Å²) >= 11 is 0. The molecule has 0 bridgehead atoms. The minimum Gasteiger partial charge on any atom is -0.305 e. The number of benzene rings is 4. The second-order valence-electron chi connectivity index (χ2n) is 13.2. The van der Waals surface area contributed by atoms with Crippen molar-refractivity contribution in [1.82, 2.24) is 15.0 Å². The second kappa shape index (κ2) is 12.4. The summed E-state index contributed by atoms with van der Waals surface area (Å²) in [6.07, 6.45) is 1.79. The van der Waals surface area contributed by atoms with Gasteiger partial charge in [-0.2, -0.15) is 0 Å². The summed E-state index contributed by atoms with van der Waals surface area (Å²) in [5.41, 5.74) is 12.1. The molecular formula is C41H39IrN3-2. The summed E-state index contributed by atoms with van der Waals surface area (Å²) in [4.78, 5) is 14.7. The van der Waals surface area contributed by atoms with Crippen molar-refractivity contribution >= 4 is 11.0 Å². The van der Waals surface area contributed by atoms with E-state index in [-0.39, 0.29) is 36.4 Å². The minimum absolute atomic E-state index is 0. The maximum atomic E-state index is 5.28. The van der Waals surface area contributed by atoms with Gasteiger partial charge in [-0.25, -0.2) is 0 Å². The molecule has 0 saturated carbocycles. The van der Waals surface area contributed by atoms with Crippen LogP contribution in [-0.2, 0) is 30.9 Å². The van der Waals surface area contributed by atoms with E-state index in [1.165, 1.54) is 16.7 Å². The van der Waals surface area contributed by atoms with E-state index in [2.05, 4.69) is 102 Å². The first-order valence-corrected chi connectivity index (χ1v) is 15.3. The van der Waals surface area contributed by atoms with Gasteiger partial charge in [0.1, 0.15) is 0 Å². The van der Waals surface area contributed by atoms with Gasteiger partial charge < -0.3 is 4.98 Å². The van der Waals surface area contributed by atoms with Gasteiger partial charge in [0, 0.05) is 32.0 Å². The van der Waals surface area contributed by atoms with Crippen LogP contribution in [0.25, 0.3) is 44.8 Å². The molecule has 3 nitrogen and oxygen atoms in total. The Labute approximate surface area is 281 Å². The summed E-state index contributed by atoms with van der Waals surface area (Å²) in [6.45, 7) is 16.6. The van der Waals surface area contributed by atoms with E-state index in [1.807, 2.05) is 66.7 Å². The van der Waals surface area contributed by atoms with Gasteiger partial charge in [0.15, 0.2) is 0 Å². The molecule has 0 atom stereocenters. The predicted molar refractivity (Wildman–Crippen MR) is 182 cm³/mol. The first-order chi connectivity index (χ1) is 21.0. The molecule has 1 radical (unpaired) electrons. The topological polar surface area (TPSA) is 38.7 Å². The van der Waals surface area contributed by atoms with Crippen molar-refractivity contribution in [2.75, 3.05) is 0 Å². The van der Waals surface area contributed by atoms with Gasteiger partial charge in [0.05, 0.1) is 16.7 Å². The van der Waals surface area contributed by atoms with Gasteiger partial charge in [0.2, 0.25) is 0 Å². The number of pyridine rings is 1. The Balaban J connectivity index is 0.000000258. The molecule has 0 unspecified atom stereocenters. The number of fused-ring (bicyclic) bond motifs is 2. The zero-order chi connectivity index (χ0) is 31.1. The largest absolute Gasteiger partial charge is 0.305 e. The first-order valence-electron chi connectivity index (χ1n) is 15.3. The Kier molecular flexibility index (Phi) is 8.95. The van der Waals surface area contributed by atoms with Gasteiger partial charge in [-0.3, -0.25) is 9.97 Å². The SMILES string of the molecule is Cc1c2c(cc3nc(-c4[c-]cccc4)c(-c4ccccc4)nc13)C(C)(C)C(C)(C)C2(C)C.[Ir].[c-]1ccccc1-c1ccccn1. The molecular weight excluding hydrogens is 727 g/mol. The van der Waals surface area contributed by atoms with Crippen molar-refractivity contribution < 1.29 is 20.1 Å². The van der Waals surface area contributed by atoms with Crippen molar-refractivity contribution in [3.05, 3.63) is 138 Å². The Morgan fingerprint density at radius 2 is 1.24 bits per heavy atom.